The average molecular weight is 451 g/mol. The Labute approximate surface area is 182 Å². The molecule has 11 heteroatoms. The molecular formula is C20H21ClF2N6O2. The van der Waals surface area contributed by atoms with Crippen LogP contribution in [0.2, 0.25) is 5.02 Å². The summed E-state index contributed by atoms with van der Waals surface area (Å²) in [6.07, 6.45) is 2.40. The number of benzene rings is 1. The minimum Gasteiger partial charge on any atom is -0.351 e. The van der Waals surface area contributed by atoms with E-state index in [9.17, 15) is 13.9 Å². The molecule has 0 spiro atoms. The number of aromatic nitrogens is 4. The van der Waals surface area contributed by atoms with E-state index in [4.69, 9.17) is 16.3 Å². The fourth-order valence-corrected chi connectivity index (χ4v) is 3.50. The van der Waals surface area contributed by atoms with Crippen LogP contribution in [-0.4, -0.2) is 49.9 Å². The molecule has 0 radical (unpaired) electrons. The second kappa shape index (κ2) is 8.74. The number of halogens is 3. The quantitative estimate of drug-likeness (QED) is 0.594. The van der Waals surface area contributed by atoms with E-state index in [1.165, 1.54) is 30.2 Å². The lowest BCUT2D eigenvalue weighted by atomic mass is 10.2. The number of aliphatic hydroxyl groups is 1. The highest BCUT2D eigenvalue weighted by Gasteiger charge is 2.38. The molecule has 1 aromatic carbocycles. The summed E-state index contributed by atoms with van der Waals surface area (Å²) in [5, 5.41) is 13.2. The molecule has 1 saturated heterocycles. The third kappa shape index (κ3) is 4.46. The maximum Gasteiger partial charge on any atom is 0.239 e. The first-order chi connectivity index (χ1) is 14.8. The average Bonchev–Trinajstić information content (AvgIpc) is 3.37. The molecule has 1 aliphatic heterocycles. The fraction of sp³-hybridized carbons (Fsp3) is 0.350. The van der Waals surface area contributed by atoms with E-state index in [0.717, 1.165) is 0 Å². The summed E-state index contributed by atoms with van der Waals surface area (Å²) in [4.78, 5) is 14.4. The molecule has 2 N–H and O–H groups in total. The number of alkyl halides is 1. The first kappa shape index (κ1) is 21.4. The van der Waals surface area contributed by atoms with Crippen molar-refractivity contribution < 1.29 is 18.6 Å². The molecule has 1 aliphatic rings. The highest BCUT2D eigenvalue weighted by Crippen LogP contribution is 2.27. The first-order valence-electron chi connectivity index (χ1n) is 9.64. The molecule has 1 unspecified atom stereocenters. The SMILES string of the molecule is C[C@H](Nc1nccc(N2C(O)OC[C@@H]2[C@H](C)F)n1)c1cn(-c2ccc(F)c(Cl)c2)cn1. The van der Waals surface area contributed by atoms with Gasteiger partial charge in [-0.15, -0.1) is 0 Å². The Morgan fingerprint density at radius 1 is 1.29 bits per heavy atom. The molecule has 3 heterocycles. The molecule has 0 bridgehead atoms. The van der Waals surface area contributed by atoms with Crippen molar-refractivity contribution in [2.75, 3.05) is 16.8 Å². The lowest BCUT2D eigenvalue weighted by Gasteiger charge is -2.27. The smallest absolute Gasteiger partial charge is 0.239 e. The lowest BCUT2D eigenvalue weighted by molar-refractivity contribution is -0.0579. The second-order valence-corrected chi connectivity index (χ2v) is 7.63. The Morgan fingerprint density at radius 3 is 2.84 bits per heavy atom. The Hall–Kier alpha value is -2.82. The van der Waals surface area contributed by atoms with Crippen molar-refractivity contribution in [1.29, 1.82) is 0 Å². The van der Waals surface area contributed by atoms with Gasteiger partial charge in [0.2, 0.25) is 12.4 Å². The predicted molar refractivity (Wildman–Crippen MR) is 111 cm³/mol. The maximum absolute atomic E-state index is 13.9. The number of hydrogen-bond acceptors (Lipinski definition) is 7. The second-order valence-electron chi connectivity index (χ2n) is 7.22. The standard InChI is InChI=1S/C20H21ClF2N6O2/c1-11(22)17-9-31-20(30)29(17)18-5-6-24-19(27-18)26-12(2)16-8-28(10-25-16)13-3-4-15(23)14(21)7-13/h3-8,10-12,17,20,30H,9H2,1-2H3,(H,24,26,27)/t11-,12-,17+,20?/m0/s1. The van der Waals surface area contributed by atoms with Gasteiger partial charge in [0, 0.05) is 18.1 Å². The molecule has 4 rings (SSSR count). The minimum atomic E-state index is -1.28. The summed E-state index contributed by atoms with van der Waals surface area (Å²) in [5.41, 5.74) is 1.36. The van der Waals surface area contributed by atoms with Crippen molar-refractivity contribution in [2.45, 2.75) is 38.5 Å². The Kier molecular flexibility index (Phi) is 6.03. The van der Waals surface area contributed by atoms with Gasteiger partial charge in [-0.05, 0) is 38.1 Å². The van der Waals surface area contributed by atoms with Gasteiger partial charge in [-0.1, -0.05) is 11.6 Å². The molecule has 0 aliphatic carbocycles. The molecule has 8 nitrogen and oxygen atoms in total. The summed E-state index contributed by atoms with van der Waals surface area (Å²) in [6.45, 7) is 3.35. The van der Waals surface area contributed by atoms with Crippen molar-refractivity contribution in [2.24, 2.45) is 0 Å². The van der Waals surface area contributed by atoms with Gasteiger partial charge in [0.05, 0.1) is 35.7 Å². The van der Waals surface area contributed by atoms with Crippen LogP contribution in [0.3, 0.4) is 0 Å². The number of aliphatic hydroxyl groups excluding tert-OH is 1. The zero-order chi connectivity index (χ0) is 22.1. The third-order valence-corrected chi connectivity index (χ3v) is 5.33. The molecule has 1 fully saturated rings. The monoisotopic (exact) mass is 450 g/mol. The zero-order valence-corrected chi connectivity index (χ0v) is 17.5. The Morgan fingerprint density at radius 2 is 2.10 bits per heavy atom. The van der Waals surface area contributed by atoms with E-state index in [-0.39, 0.29) is 23.6 Å². The molecule has 0 amide bonds. The number of hydrogen-bond donors (Lipinski definition) is 2. The largest absolute Gasteiger partial charge is 0.351 e. The van der Waals surface area contributed by atoms with Crippen LogP contribution in [-0.2, 0) is 4.74 Å². The van der Waals surface area contributed by atoms with Gasteiger partial charge in [0.1, 0.15) is 17.8 Å². The molecule has 4 atom stereocenters. The normalized spacial score (nSPS) is 20.6. The lowest BCUT2D eigenvalue weighted by Crippen LogP contribution is -2.42. The fourth-order valence-electron chi connectivity index (χ4n) is 3.32. The van der Waals surface area contributed by atoms with Gasteiger partial charge in [-0.2, -0.15) is 4.98 Å². The van der Waals surface area contributed by atoms with Crippen LogP contribution in [0, 0.1) is 5.82 Å². The van der Waals surface area contributed by atoms with Gasteiger partial charge in [-0.3, -0.25) is 4.90 Å². The van der Waals surface area contributed by atoms with E-state index in [0.29, 0.717) is 17.2 Å². The number of imidazole rings is 1. The van der Waals surface area contributed by atoms with Gasteiger partial charge in [0.25, 0.3) is 0 Å². The van der Waals surface area contributed by atoms with Crippen LogP contribution in [0.15, 0.2) is 43.0 Å². The van der Waals surface area contributed by atoms with Crippen LogP contribution >= 0.6 is 11.6 Å². The third-order valence-electron chi connectivity index (χ3n) is 5.04. The van der Waals surface area contributed by atoms with E-state index in [1.807, 2.05) is 6.92 Å². The molecular weight excluding hydrogens is 430 g/mol. The molecule has 164 valence electrons. The molecule has 2 aromatic heterocycles. The van der Waals surface area contributed by atoms with Crippen molar-refractivity contribution in [3.05, 3.63) is 59.5 Å². The van der Waals surface area contributed by atoms with Crippen LogP contribution in [0.25, 0.3) is 5.69 Å². The predicted octanol–water partition coefficient (Wildman–Crippen LogP) is 3.47. The summed E-state index contributed by atoms with van der Waals surface area (Å²) in [7, 11) is 0. The first-order valence-corrected chi connectivity index (χ1v) is 10.0. The van der Waals surface area contributed by atoms with Gasteiger partial charge >= 0.3 is 0 Å². The number of rotatable bonds is 6. The number of nitrogens with zero attached hydrogens (tertiary/aromatic N) is 5. The Balaban J connectivity index is 1.50. The maximum atomic E-state index is 13.9. The van der Waals surface area contributed by atoms with Crippen molar-refractivity contribution in [1.82, 2.24) is 19.5 Å². The van der Waals surface area contributed by atoms with E-state index < -0.39 is 24.4 Å². The van der Waals surface area contributed by atoms with Crippen LogP contribution in [0.5, 0.6) is 0 Å². The van der Waals surface area contributed by atoms with Crippen LogP contribution < -0.4 is 10.2 Å². The number of anilines is 2. The van der Waals surface area contributed by atoms with Gasteiger partial charge in [0.15, 0.2) is 0 Å². The van der Waals surface area contributed by atoms with Gasteiger partial charge < -0.3 is 19.7 Å². The van der Waals surface area contributed by atoms with Crippen molar-refractivity contribution in [3.8, 4) is 5.69 Å². The molecule has 0 saturated carbocycles. The van der Waals surface area contributed by atoms with E-state index >= 15 is 0 Å². The Bertz CT molecular complexity index is 1070. The summed E-state index contributed by atoms with van der Waals surface area (Å²) >= 11 is 5.86. The molecule has 3 aromatic rings. The minimum absolute atomic E-state index is 0.0260. The molecule has 31 heavy (non-hydrogen) atoms. The number of ether oxygens (including phenoxy) is 1. The van der Waals surface area contributed by atoms with Crippen molar-refractivity contribution >= 4 is 23.4 Å². The summed E-state index contributed by atoms with van der Waals surface area (Å²) < 4.78 is 34.2. The van der Waals surface area contributed by atoms with Crippen LogP contribution in [0.1, 0.15) is 25.6 Å². The van der Waals surface area contributed by atoms with Gasteiger partial charge in [-0.25, -0.2) is 18.7 Å². The summed E-state index contributed by atoms with van der Waals surface area (Å²) in [6, 6.07) is 5.06. The van der Waals surface area contributed by atoms with E-state index in [2.05, 4.69) is 20.3 Å². The highest BCUT2D eigenvalue weighted by molar-refractivity contribution is 6.30. The number of nitrogens with one attached hydrogen (secondary N) is 1. The topological polar surface area (TPSA) is 88.3 Å². The van der Waals surface area contributed by atoms with Crippen LogP contribution in [0.4, 0.5) is 20.5 Å². The zero-order valence-electron chi connectivity index (χ0n) is 16.8. The highest BCUT2D eigenvalue weighted by atomic mass is 35.5. The summed E-state index contributed by atoms with van der Waals surface area (Å²) in [5.74, 6) is 0.139. The van der Waals surface area contributed by atoms with E-state index in [1.54, 1.807) is 29.2 Å². The van der Waals surface area contributed by atoms with Crippen molar-refractivity contribution in [3.63, 3.8) is 0 Å².